The Hall–Kier alpha value is -3.99. The summed E-state index contributed by atoms with van der Waals surface area (Å²) < 4.78 is 5.29. The zero-order valence-corrected chi connectivity index (χ0v) is 24.9. The summed E-state index contributed by atoms with van der Waals surface area (Å²) in [6, 6.07) is 11.4. The average molecular weight is 594 g/mol. The Morgan fingerprint density at radius 3 is 2.37 bits per heavy atom. The number of ketones is 1. The summed E-state index contributed by atoms with van der Waals surface area (Å²) >= 11 is 0. The standard InChI is InChI=1S/C32H43N5O6/c1-24(26-8-3-2-4-9-26)35-29(39)28(38)27(10-5-6-15-34-30(40)36-18-20-43-21-19-36)37(31(41)42)23-32(13-7-14-32)22-25-11-16-33-17-12-25/h2-4,8-9,11-12,16-17,24,27H,5-7,10,13-15,18-23H2,1H3,(H,34,40)(H,35,39)(H,41,42)/t24-,27?/m1/s1. The minimum atomic E-state index is -1.22. The molecule has 4 amide bonds. The third-order valence-electron chi connectivity index (χ3n) is 8.52. The van der Waals surface area contributed by atoms with E-state index in [0.29, 0.717) is 52.1 Å². The van der Waals surface area contributed by atoms with Gasteiger partial charge >= 0.3 is 12.1 Å². The van der Waals surface area contributed by atoms with Gasteiger partial charge in [-0.2, -0.15) is 0 Å². The number of nitrogens with zero attached hydrogens (tertiary/aromatic N) is 3. The molecule has 1 unspecified atom stereocenters. The number of carbonyl (C=O) groups is 4. The lowest BCUT2D eigenvalue weighted by Crippen LogP contribution is -2.55. The van der Waals surface area contributed by atoms with E-state index in [1.165, 1.54) is 4.90 Å². The van der Waals surface area contributed by atoms with Crippen LogP contribution in [-0.2, 0) is 20.7 Å². The number of hydrogen-bond donors (Lipinski definition) is 3. The smallest absolute Gasteiger partial charge is 0.407 e. The quantitative estimate of drug-likeness (QED) is 0.224. The van der Waals surface area contributed by atoms with Crippen molar-refractivity contribution < 1.29 is 29.0 Å². The van der Waals surface area contributed by atoms with Gasteiger partial charge in [0.05, 0.1) is 19.3 Å². The monoisotopic (exact) mass is 593 g/mol. The third-order valence-corrected chi connectivity index (χ3v) is 8.52. The van der Waals surface area contributed by atoms with E-state index in [0.717, 1.165) is 30.4 Å². The Morgan fingerprint density at radius 2 is 1.74 bits per heavy atom. The topological polar surface area (TPSA) is 141 Å². The van der Waals surface area contributed by atoms with Crippen LogP contribution in [0.25, 0.3) is 0 Å². The molecule has 4 rings (SSSR count). The number of pyridine rings is 1. The van der Waals surface area contributed by atoms with Gasteiger partial charge in [-0.15, -0.1) is 0 Å². The molecule has 2 aliphatic rings. The summed E-state index contributed by atoms with van der Waals surface area (Å²) in [6.45, 7) is 4.43. The van der Waals surface area contributed by atoms with Crippen molar-refractivity contribution in [2.75, 3.05) is 39.4 Å². The number of ether oxygens (including phenoxy) is 1. The maximum atomic E-state index is 13.7. The van der Waals surface area contributed by atoms with Crippen LogP contribution in [0.4, 0.5) is 9.59 Å². The lowest BCUT2D eigenvalue weighted by Gasteiger charge is -2.46. The van der Waals surface area contributed by atoms with Crippen molar-refractivity contribution in [1.29, 1.82) is 0 Å². The summed E-state index contributed by atoms with van der Waals surface area (Å²) in [5.74, 6) is -1.56. The fourth-order valence-electron chi connectivity index (χ4n) is 5.88. The van der Waals surface area contributed by atoms with Crippen molar-refractivity contribution in [1.82, 2.24) is 25.4 Å². The second kappa shape index (κ2) is 15.5. The number of aromatic nitrogens is 1. The lowest BCUT2D eigenvalue weighted by molar-refractivity contribution is -0.141. The number of unbranched alkanes of at least 4 members (excludes halogenated alkanes) is 1. The molecule has 11 nitrogen and oxygen atoms in total. The molecule has 1 aromatic heterocycles. The highest BCUT2D eigenvalue weighted by Gasteiger charge is 2.43. The number of rotatable bonds is 14. The van der Waals surface area contributed by atoms with Gasteiger partial charge in [-0.25, -0.2) is 9.59 Å². The number of morpholine rings is 1. The Morgan fingerprint density at radius 1 is 1.05 bits per heavy atom. The average Bonchev–Trinajstić information content (AvgIpc) is 3.01. The van der Waals surface area contributed by atoms with Crippen LogP contribution in [0.1, 0.15) is 62.6 Å². The minimum Gasteiger partial charge on any atom is -0.465 e. The molecule has 1 saturated heterocycles. The molecular formula is C32H43N5O6. The maximum Gasteiger partial charge on any atom is 0.407 e. The van der Waals surface area contributed by atoms with Gasteiger partial charge in [0, 0.05) is 38.6 Å². The van der Waals surface area contributed by atoms with Crippen molar-refractivity contribution in [3.05, 3.63) is 66.0 Å². The second-order valence-electron chi connectivity index (χ2n) is 11.6. The third kappa shape index (κ3) is 9.00. The van der Waals surface area contributed by atoms with Crippen LogP contribution in [0.3, 0.4) is 0 Å². The summed E-state index contributed by atoms with van der Waals surface area (Å²) in [6.07, 6.45) is 6.73. The first-order valence-corrected chi connectivity index (χ1v) is 15.2. The van der Waals surface area contributed by atoms with Crippen LogP contribution in [0, 0.1) is 5.41 Å². The molecule has 43 heavy (non-hydrogen) atoms. The molecule has 2 fully saturated rings. The molecule has 3 N–H and O–H groups in total. The van der Waals surface area contributed by atoms with Gasteiger partial charge < -0.3 is 25.4 Å². The number of hydrogen-bond acceptors (Lipinski definition) is 6. The van der Waals surface area contributed by atoms with Crippen LogP contribution in [0.5, 0.6) is 0 Å². The Bertz CT molecular complexity index is 1220. The molecule has 2 heterocycles. The lowest BCUT2D eigenvalue weighted by atomic mass is 9.65. The van der Waals surface area contributed by atoms with E-state index in [1.807, 2.05) is 42.5 Å². The number of carboxylic acid groups (broad SMARTS) is 1. The molecule has 1 aromatic carbocycles. The molecule has 232 valence electrons. The van der Waals surface area contributed by atoms with Crippen molar-refractivity contribution in [3.8, 4) is 0 Å². The Kier molecular flexibility index (Phi) is 11.5. The van der Waals surface area contributed by atoms with E-state index in [9.17, 15) is 24.3 Å². The molecule has 2 aromatic rings. The first-order chi connectivity index (χ1) is 20.8. The van der Waals surface area contributed by atoms with E-state index < -0.39 is 29.9 Å². The fourth-order valence-corrected chi connectivity index (χ4v) is 5.88. The van der Waals surface area contributed by atoms with Gasteiger partial charge in [0.25, 0.3) is 5.91 Å². The molecule has 1 aliphatic heterocycles. The van der Waals surface area contributed by atoms with Gasteiger partial charge in [0.2, 0.25) is 5.78 Å². The van der Waals surface area contributed by atoms with Gasteiger partial charge in [-0.3, -0.25) is 19.5 Å². The summed E-state index contributed by atoms with van der Waals surface area (Å²) in [5, 5.41) is 16.0. The molecule has 1 saturated carbocycles. The first kappa shape index (κ1) is 31.9. The molecule has 11 heteroatoms. The predicted molar refractivity (Wildman–Crippen MR) is 160 cm³/mol. The van der Waals surface area contributed by atoms with Gasteiger partial charge in [-0.1, -0.05) is 36.8 Å². The van der Waals surface area contributed by atoms with Crippen LogP contribution in [0.15, 0.2) is 54.9 Å². The van der Waals surface area contributed by atoms with E-state index in [2.05, 4.69) is 15.6 Å². The number of carbonyl (C=O) groups excluding carboxylic acids is 3. The summed E-state index contributed by atoms with van der Waals surface area (Å²) in [5.41, 5.74) is 1.60. The number of nitrogens with one attached hydrogen (secondary N) is 2. The van der Waals surface area contributed by atoms with Gasteiger partial charge in [0.1, 0.15) is 6.04 Å². The SMILES string of the molecule is C[C@@H](NC(=O)C(=O)C(CCCCNC(=O)N1CCOCC1)N(CC1(Cc2ccncc2)CCC1)C(=O)O)c1ccccc1. The zero-order valence-electron chi connectivity index (χ0n) is 24.9. The number of benzene rings is 1. The normalized spacial score (nSPS) is 17.2. The van der Waals surface area contributed by atoms with Crippen molar-refractivity contribution in [2.24, 2.45) is 5.41 Å². The summed E-state index contributed by atoms with van der Waals surface area (Å²) in [7, 11) is 0. The first-order valence-electron chi connectivity index (χ1n) is 15.2. The zero-order chi connectivity index (χ0) is 30.7. The van der Waals surface area contributed by atoms with E-state index in [4.69, 9.17) is 4.74 Å². The second-order valence-corrected chi connectivity index (χ2v) is 11.6. The molecule has 2 atom stereocenters. The van der Waals surface area contributed by atoms with Crippen LogP contribution in [-0.4, -0.2) is 89.1 Å². The van der Waals surface area contributed by atoms with Crippen molar-refractivity contribution in [2.45, 2.75) is 64.0 Å². The van der Waals surface area contributed by atoms with Crippen LogP contribution in [0.2, 0.25) is 0 Å². The van der Waals surface area contributed by atoms with E-state index in [1.54, 1.807) is 24.2 Å². The highest BCUT2D eigenvalue weighted by Crippen LogP contribution is 2.45. The highest BCUT2D eigenvalue weighted by atomic mass is 16.5. The van der Waals surface area contributed by atoms with Crippen molar-refractivity contribution >= 4 is 23.8 Å². The molecule has 0 bridgehead atoms. The van der Waals surface area contributed by atoms with E-state index >= 15 is 0 Å². The fraction of sp³-hybridized carbons (Fsp3) is 0.531. The van der Waals surface area contributed by atoms with Gasteiger partial charge in [-0.05, 0) is 74.1 Å². The molecule has 0 radical (unpaired) electrons. The Labute approximate surface area is 253 Å². The number of urea groups is 1. The summed E-state index contributed by atoms with van der Waals surface area (Å²) in [4.78, 5) is 59.0. The van der Waals surface area contributed by atoms with Crippen LogP contribution >= 0.6 is 0 Å². The van der Waals surface area contributed by atoms with Crippen molar-refractivity contribution in [3.63, 3.8) is 0 Å². The molecular weight excluding hydrogens is 550 g/mol. The Balaban J connectivity index is 1.44. The molecule has 1 aliphatic carbocycles. The van der Waals surface area contributed by atoms with Crippen LogP contribution < -0.4 is 10.6 Å². The van der Waals surface area contributed by atoms with E-state index in [-0.39, 0.29) is 24.4 Å². The van der Waals surface area contributed by atoms with Gasteiger partial charge in [0.15, 0.2) is 0 Å². The minimum absolute atomic E-state index is 0.163. The maximum absolute atomic E-state index is 13.7. The number of Topliss-reactive ketones (excluding diaryl/α,β-unsaturated/α-hetero) is 1. The number of amides is 4. The highest BCUT2D eigenvalue weighted by molar-refractivity contribution is 6.38. The predicted octanol–water partition coefficient (Wildman–Crippen LogP) is 3.80. The largest absolute Gasteiger partial charge is 0.465 e. The molecule has 0 spiro atoms.